The van der Waals surface area contributed by atoms with Crippen LogP contribution in [0.1, 0.15) is 130 Å². The second kappa shape index (κ2) is 18.0. The van der Waals surface area contributed by atoms with Crippen LogP contribution in [-0.2, 0) is 4.79 Å². The molecule has 0 spiro atoms. The predicted octanol–water partition coefficient (Wildman–Crippen LogP) is 7.86. The van der Waals surface area contributed by atoms with Crippen molar-refractivity contribution in [3.05, 3.63) is 0 Å². The summed E-state index contributed by atoms with van der Waals surface area (Å²) >= 11 is 0. The van der Waals surface area contributed by atoms with Crippen molar-refractivity contribution in [3.8, 4) is 0 Å². The molecule has 1 unspecified atom stereocenters. The van der Waals surface area contributed by atoms with Crippen molar-refractivity contribution in [3.63, 3.8) is 0 Å². The Bertz CT molecular complexity index is 246. The van der Waals surface area contributed by atoms with Gasteiger partial charge >= 0.3 is 0 Å². The van der Waals surface area contributed by atoms with Crippen molar-refractivity contribution in [2.45, 2.75) is 130 Å². The third-order valence-corrected chi connectivity index (χ3v) is 4.94. The topological polar surface area (TPSA) is 17.1 Å². The standard InChI is InChI=1S/C22H44O/c1-4-6-8-10-12-14-16-18-21(3)20-22(23)19-17-15-13-11-9-7-5-2/h21H,4-20H2,1-3H3. The maximum absolute atomic E-state index is 12.0. The minimum absolute atomic E-state index is 0.508. The third-order valence-electron chi connectivity index (χ3n) is 4.94. The maximum Gasteiger partial charge on any atom is 0.133 e. The second-order valence-corrected chi connectivity index (χ2v) is 7.63. The molecule has 0 radical (unpaired) electrons. The third kappa shape index (κ3) is 17.9. The average molecular weight is 325 g/mol. The summed E-state index contributed by atoms with van der Waals surface area (Å²) in [6, 6.07) is 0. The molecule has 1 atom stereocenters. The second-order valence-electron chi connectivity index (χ2n) is 7.63. The summed E-state index contributed by atoms with van der Waals surface area (Å²) in [7, 11) is 0. The van der Waals surface area contributed by atoms with Gasteiger partial charge in [-0.15, -0.1) is 0 Å². The van der Waals surface area contributed by atoms with Crippen LogP contribution in [0.2, 0.25) is 0 Å². The lowest BCUT2D eigenvalue weighted by Gasteiger charge is -2.10. The Morgan fingerprint density at radius 2 is 1.09 bits per heavy atom. The molecule has 1 nitrogen and oxygen atoms in total. The van der Waals surface area contributed by atoms with E-state index in [9.17, 15) is 4.79 Å². The van der Waals surface area contributed by atoms with E-state index in [0.717, 1.165) is 19.3 Å². The Morgan fingerprint density at radius 3 is 1.61 bits per heavy atom. The van der Waals surface area contributed by atoms with Crippen LogP contribution in [0.15, 0.2) is 0 Å². The molecule has 0 amide bonds. The maximum atomic E-state index is 12.0. The highest BCUT2D eigenvalue weighted by Gasteiger charge is 2.08. The van der Waals surface area contributed by atoms with E-state index in [2.05, 4.69) is 20.8 Å². The molecule has 0 heterocycles. The highest BCUT2D eigenvalue weighted by atomic mass is 16.1. The monoisotopic (exact) mass is 324 g/mol. The molecule has 0 aliphatic heterocycles. The summed E-state index contributed by atoms with van der Waals surface area (Å²) < 4.78 is 0. The van der Waals surface area contributed by atoms with Crippen LogP contribution >= 0.6 is 0 Å². The van der Waals surface area contributed by atoms with Gasteiger partial charge in [-0.05, 0) is 12.3 Å². The number of ketones is 1. The van der Waals surface area contributed by atoms with Gasteiger partial charge < -0.3 is 0 Å². The predicted molar refractivity (Wildman–Crippen MR) is 104 cm³/mol. The number of carbonyl (C=O) groups excluding carboxylic acids is 1. The van der Waals surface area contributed by atoms with Crippen LogP contribution in [0.25, 0.3) is 0 Å². The molecule has 0 aromatic rings. The van der Waals surface area contributed by atoms with Crippen molar-refractivity contribution in [2.75, 3.05) is 0 Å². The lowest BCUT2D eigenvalue weighted by Crippen LogP contribution is -2.05. The summed E-state index contributed by atoms with van der Waals surface area (Å²) in [4.78, 5) is 12.0. The fourth-order valence-electron chi connectivity index (χ4n) is 3.32. The van der Waals surface area contributed by atoms with Gasteiger partial charge in [0.05, 0.1) is 0 Å². The zero-order valence-corrected chi connectivity index (χ0v) is 16.5. The van der Waals surface area contributed by atoms with Gasteiger partial charge in [0, 0.05) is 12.8 Å². The summed E-state index contributed by atoms with van der Waals surface area (Å²) in [5.74, 6) is 1.11. The van der Waals surface area contributed by atoms with Gasteiger partial charge in [0.25, 0.3) is 0 Å². The fraction of sp³-hybridized carbons (Fsp3) is 0.955. The molecule has 0 aromatic heterocycles. The Balaban J connectivity index is 3.34. The SMILES string of the molecule is CCCCCCCCCC(=O)CC(C)CCCCCCCCC. The molecule has 0 bridgehead atoms. The van der Waals surface area contributed by atoms with E-state index in [1.54, 1.807) is 0 Å². The Labute approximate surface area is 147 Å². The minimum Gasteiger partial charge on any atom is -0.300 e. The van der Waals surface area contributed by atoms with Gasteiger partial charge in [-0.25, -0.2) is 0 Å². The lowest BCUT2D eigenvalue weighted by atomic mass is 9.95. The van der Waals surface area contributed by atoms with Crippen LogP contribution in [0, 0.1) is 5.92 Å². The van der Waals surface area contributed by atoms with Crippen molar-refractivity contribution < 1.29 is 4.79 Å². The molecule has 23 heavy (non-hydrogen) atoms. The number of hydrogen-bond acceptors (Lipinski definition) is 1. The Kier molecular flexibility index (Phi) is 17.8. The molecule has 0 fully saturated rings. The molecule has 0 saturated carbocycles. The van der Waals surface area contributed by atoms with Crippen LogP contribution in [0.4, 0.5) is 0 Å². The highest BCUT2D eigenvalue weighted by Crippen LogP contribution is 2.17. The van der Waals surface area contributed by atoms with Crippen LogP contribution < -0.4 is 0 Å². The van der Waals surface area contributed by atoms with E-state index in [4.69, 9.17) is 0 Å². The summed E-state index contributed by atoms with van der Waals surface area (Å²) in [6.07, 6.45) is 21.6. The fourth-order valence-corrected chi connectivity index (χ4v) is 3.32. The first-order chi connectivity index (χ1) is 11.2. The van der Waals surface area contributed by atoms with Gasteiger partial charge in [0.2, 0.25) is 0 Å². The van der Waals surface area contributed by atoms with Crippen LogP contribution in [-0.4, -0.2) is 5.78 Å². The van der Waals surface area contributed by atoms with E-state index >= 15 is 0 Å². The number of carbonyl (C=O) groups is 1. The number of Topliss-reactive ketones (excluding diaryl/α,β-unsaturated/α-hetero) is 1. The largest absolute Gasteiger partial charge is 0.300 e. The first kappa shape index (κ1) is 22.7. The number of unbranched alkanes of at least 4 members (excludes halogenated alkanes) is 12. The summed E-state index contributed by atoms with van der Waals surface area (Å²) in [6.45, 7) is 6.79. The van der Waals surface area contributed by atoms with E-state index < -0.39 is 0 Å². The average Bonchev–Trinajstić information content (AvgIpc) is 2.53. The van der Waals surface area contributed by atoms with E-state index in [-0.39, 0.29) is 0 Å². The first-order valence-corrected chi connectivity index (χ1v) is 10.7. The summed E-state index contributed by atoms with van der Waals surface area (Å²) in [5.41, 5.74) is 0. The minimum atomic E-state index is 0.508. The lowest BCUT2D eigenvalue weighted by molar-refractivity contribution is -0.120. The molecule has 0 rings (SSSR count). The van der Waals surface area contributed by atoms with Crippen LogP contribution in [0.5, 0.6) is 0 Å². The molecule has 0 saturated heterocycles. The normalized spacial score (nSPS) is 12.5. The van der Waals surface area contributed by atoms with Gasteiger partial charge in [0.1, 0.15) is 5.78 Å². The quantitative estimate of drug-likeness (QED) is 0.234. The van der Waals surface area contributed by atoms with Gasteiger partial charge in [-0.2, -0.15) is 0 Å². The molecular formula is C22H44O. The van der Waals surface area contributed by atoms with Crippen molar-refractivity contribution >= 4 is 5.78 Å². The molecule has 1 heteroatoms. The highest BCUT2D eigenvalue weighted by molar-refractivity contribution is 5.78. The molecule has 0 N–H and O–H groups in total. The Morgan fingerprint density at radius 1 is 0.652 bits per heavy atom. The van der Waals surface area contributed by atoms with Crippen molar-refractivity contribution in [1.82, 2.24) is 0 Å². The van der Waals surface area contributed by atoms with Gasteiger partial charge in [-0.1, -0.05) is 111 Å². The number of rotatable bonds is 18. The van der Waals surface area contributed by atoms with E-state index in [0.29, 0.717) is 11.7 Å². The molecular weight excluding hydrogens is 280 g/mol. The van der Waals surface area contributed by atoms with E-state index in [1.807, 2.05) is 0 Å². The zero-order chi connectivity index (χ0) is 17.2. The first-order valence-electron chi connectivity index (χ1n) is 10.7. The smallest absolute Gasteiger partial charge is 0.133 e. The number of hydrogen-bond donors (Lipinski definition) is 0. The van der Waals surface area contributed by atoms with Crippen molar-refractivity contribution in [2.24, 2.45) is 5.92 Å². The molecule has 138 valence electrons. The molecule has 0 aromatic carbocycles. The summed E-state index contributed by atoms with van der Waals surface area (Å²) in [5, 5.41) is 0. The molecule has 0 aliphatic rings. The van der Waals surface area contributed by atoms with Crippen LogP contribution in [0.3, 0.4) is 0 Å². The zero-order valence-electron chi connectivity index (χ0n) is 16.5. The Hall–Kier alpha value is -0.330. The molecule has 0 aliphatic carbocycles. The van der Waals surface area contributed by atoms with E-state index in [1.165, 1.54) is 89.9 Å². The van der Waals surface area contributed by atoms with Gasteiger partial charge in [-0.3, -0.25) is 4.79 Å². The van der Waals surface area contributed by atoms with Gasteiger partial charge in [0.15, 0.2) is 0 Å². The van der Waals surface area contributed by atoms with Crippen molar-refractivity contribution in [1.29, 1.82) is 0 Å².